The lowest BCUT2D eigenvalue weighted by atomic mass is 10.1. The van der Waals surface area contributed by atoms with Crippen molar-refractivity contribution >= 4 is 17.2 Å². The van der Waals surface area contributed by atoms with E-state index in [1.807, 2.05) is 0 Å². The van der Waals surface area contributed by atoms with Gasteiger partial charge < -0.3 is 9.15 Å². The molecule has 0 radical (unpaired) electrons. The Morgan fingerprint density at radius 2 is 2.10 bits per heavy atom. The summed E-state index contributed by atoms with van der Waals surface area (Å²) in [6, 6.07) is 5.45. The predicted molar refractivity (Wildman–Crippen MR) is 98.0 cm³/mol. The van der Waals surface area contributed by atoms with Crippen LogP contribution in [0, 0.1) is 6.92 Å². The van der Waals surface area contributed by atoms with Gasteiger partial charge in [0, 0.05) is 17.8 Å². The van der Waals surface area contributed by atoms with Crippen LogP contribution in [0.2, 0.25) is 5.02 Å². The highest BCUT2D eigenvalue weighted by Gasteiger charge is 2.29. The molecule has 1 N–H and O–H groups in total. The van der Waals surface area contributed by atoms with Crippen LogP contribution < -0.4 is 10.3 Å². The van der Waals surface area contributed by atoms with E-state index in [1.54, 1.807) is 6.92 Å². The number of benzene rings is 1. The van der Waals surface area contributed by atoms with Crippen LogP contribution in [0.25, 0.3) is 28.4 Å². The molecule has 0 aliphatic rings. The summed E-state index contributed by atoms with van der Waals surface area (Å²) in [4.78, 5) is 21.0. The fourth-order valence-corrected chi connectivity index (χ4v) is 2.87. The van der Waals surface area contributed by atoms with Crippen LogP contribution in [0.3, 0.4) is 0 Å². The highest BCUT2D eigenvalue weighted by Crippen LogP contribution is 2.32. The number of aromatic nitrogens is 4. The van der Waals surface area contributed by atoms with Crippen LogP contribution in [0.4, 0.5) is 13.2 Å². The molecule has 4 aromatic rings. The smallest absolute Gasteiger partial charge is 0.422 e. The van der Waals surface area contributed by atoms with Gasteiger partial charge in [-0.05, 0) is 19.1 Å². The molecular formula is C18H12ClF3N4O3. The van der Waals surface area contributed by atoms with Crippen molar-refractivity contribution in [2.45, 2.75) is 13.1 Å². The van der Waals surface area contributed by atoms with Crippen molar-refractivity contribution in [2.75, 3.05) is 6.61 Å². The molecule has 4 rings (SSSR count). The average Bonchev–Trinajstić information content (AvgIpc) is 3.26. The summed E-state index contributed by atoms with van der Waals surface area (Å²) < 4.78 is 48.8. The Kier molecular flexibility index (Phi) is 4.58. The maximum Gasteiger partial charge on any atom is 0.422 e. The molecule has 150 valence electrons. The summed E-state index contributed by atoms with van der Waals surface area (Å²) in [6.45, 7) is 0.239. The number of halogens is 4. The normalized spacial score (nSPS) is 11.9. The van der Waals surface area contributed by atoms with E-state index in [2.05, 4.69) is 15.1 Å². The van der Waals surface area contributed by atoms with Crippen molar-refractivity contribution < 1.29 is 22.3 Å². The van der Waals surface area contributed by atoms with Crippen molar-refractivity contribution in [3.63, 3.8) is 0 Å². The molecule has 0 amide bonds. The topological polar surface area (TPSA) is 85.4 Å². The molecule has 1 aromatic carbocycles. The third-order valence-corrected chi connectivity index (χ3v) is 4.28. The van der Waals surface area contributed by atoms with Gasteiger partial charge in [-0.25, -0.2) is 14.5 Å². The number of hydrogen-bond donors (Lipinski definition) is 1. The van der Waals surface area contributed by atoms with Crippen molar-refractivity contribution in [1.29, 1.82) is 0 Å². The Balaban J connectivity index is 1.79. The molecule has 3 heterocycles. The maximum absolute atomic E-state index is 12.5. The monoisotopic (exact) mass is 424 g/mol. The van der Waals surface area contributed by atoms with Gasteiger partial charge in [0.1, 0.15) is 11.5 Å². The molecule has 0 fully saturated rings. The summed E-state index contributed by atoms with van der Waals surface area (Å²) in [7, 11) is 0. The first-order chi connectivity index (χ1) is 13.7. The van der Waals surface area contributed by atoms with Gasteiger partial charge >= 0.3 is 6.18 Å². The third kappa shape index (κ3) is 3.83. The molecule has 0 aliphatic heterocycles. The molecule has 0 saturated carbocycles. The summed E-state index contributed by atoms with van der Waals surface area (Å²) >= 11 is 5.92. The van der Waals surface area contributed by atoms with Gasteiger partial charge in [0.25, 0.3) is 5.56 Å². The van der Waals surface area contributed by atoms with Crippen molar-refractivity contribution in [3.05, 3.63) is 57.8 Å². The molecule has 0 saturated heterocycles. The van der Waals surface area contributed by atoms with Crippen LogP contribution in [-0.4, -0.2) is 32.4 Å². The van der Waals surface area contributed by atoms with E-state index in [-0.39, 0.29) is 28.0 Å². The van der Waals surface area contributed by atoms with E-state index in [1.165, 1.54) is 41.2 Å². The van der Waals surface area contributed by atoms with E-state index in [0.717, 1.165) is 0 Å². The van der Waals surface area contributed by atoms with E-state index in [4.69, 9.17) is 20.8 Å². The Labute approximate surface area is 165 Å². The summed E-state index contributed by atoms with van der Waals surface area (Å²) in [5.41, 5.74) is 0.878. The fourth-order valence-electron chi connectivity index (χ4n) is 2.70. The molecule has 0 bridgehead atoms. The number of hydrogen-bond acceptors (Lipinski definition) is 5. The quantitative estimate of drug-likeness (QED) is 0.529. The van der Waals surface area contributed by atoms with Crippen molar-refractivity contribution in [3.8, 4) is 28.5 Å². The molecule has 29 heavy (non-hydrogen) atoms. The van der Waals surface area contributed by atoms with Gasteiger partial charge in [0.05, 0.1) is 22.5 Å². The van der Waals surface area contributed by atoms with Crippen LogP contribution >= 0.6 is 11.6 Å². The second-order valence-electron chi connectivity index (χ2n) is 6.15. The first-order valence-electron chi connectivity index (χ1n) is 8.25. The molecule has 0 spiro atoms. The predicted octanol–water partition coefficient (Wildman–Crippen LogP) is 4.25. The second kappa shape index (κ2) is 6.96. The maximum atomic E-state index is 12.5. The lowest BCUT2D eigenvalue weighted by Gasteiger charge is -2.11. The lowest BCUT2D eigenvalue weighted by Crippen LogP contribution is -2.19. The zero-order valence-corrected chi connectivity index (χ0v) is 15.5. The Morgan fingerprint density at radius 1 is 1.31 bits per heavy atom. The van der Waals surface area contributed by atoms with Crippen LogP contribution in [0.15, 0.2) is 45.9 Å². The molecule has 7 nitrogen and oxygen atoms in total. The number of oxazole rings is 1. The van der Waals surface area contributed by atoms with Gasteiger partial charge in [0.15, 0.2) is 12.3 Å². The number of alkyl halides is 3. The minimum Gasteiger partial charge on any atom is -0.483 e. The highest BCUT2D eigenvalue weighted by atomic mass is 35.5. The SMILES string of the molecule is Cc1cnc(-c2c[nH]n3c(=O)cc(-c4ccc(Cl)c(OCC(F)(F)F)c4)nc23)o1. The number of nitrogens with zero attached hydrogens (tertiary/aromatic N) is 3. The molecule has 0 unspecified atom stereocenters. The van der Waals surface area contributed by atoms with Crippen molar-refractivity contribution in [2.24, 2.45) is 0 Å². The number of H-pyrrole nitrogens is 1. The number of aromatic amines is 1. The zero-order valence-electron chi connectivity index (χ0n) is 14.7. The van der Waals surface area contributed by atoms with Crippen molar-refractivity contribution in [1.82, 2.24) is 19.6 Å². The first kappa shape index (κ1) is 19.1. The first-order valence-corrected chi connectivity index (χ1v) is 8.62. The van der Waals surface area contributed by atoms with Crippen LogP contribution in [0.1, 0.15) is 5.76 Å². The number of rotatable bonds is 4. The lowest BCUT2D eigenvalue weighted by molar-refractivity contribution is -0.153. The van der Waals surface area contributed by atoms with Gasteiger partial charge in [-0.15, -0.1) is 0 Å². The van der Waals surface area contributed by atoms with Gasteiger partial charge in [-0.3, -0.25) is 9.89 Å². The average molecular weight is 425 g/mol. The van der Waals surface area contributed by atoms with E-state index < -0.39 is 18.3 Å². The second-order valence-corrected chi connectivity index (χ2v) is 6.56. The molecule has 3 aromatic heterocycles. The minimum atomic E-state index is -4.51. The molecule has 0 atom stereocenters. The largest absolute Gasteiger partial charge is 0.483 e. The van der Waals surface area contributed by atoms with E-state index in [9.17, 15) is 18.0 Å². The zero-order chi connectivity index (χ0) is 20.8. The van der Waals surface area contributed by atoms with Gasteiger partial charge in [-0.2, -0.15) is 13.2 Å². The minimum absolute atomic E-state index is 0.00777. The molecular weight excluding hydrogens is 413 g/mol. The summed E-state index contributed by atoms with van der Waals surface area (Å²) in [5.74, 6) is 0.693. The number of nitrogens with one attached hydrogen (secondary N) is 1. The van der Waals surface area contributed by atoms with Gasteiger partial charge in [0.2, 0.25) is 5.89 Å². The Morgan fingerprint density at radius 3 is 2.79 bits per heavy atom. The van der Waals surface area contributed by atoms with E-state index in [0.29, 0.717) is 16.9 Å². The van der Waals surface area contributed by atoms with E-state index >= 15 is 0 Å². The van der Waals surface area contributed by atoms with Gasteiger partial charge in [-0.1, -0.05) is 17.7 Å². The number of fused-ring (bicyclic) bond motifs is 1. The van der Waals surface area contributed by atoms with Crippen LogP contribution in [-0.2, 0) is 0 Å². The third-order valence-electron chi connectivity index (χ3n) is 3.97. The number of aryl methyl sites for hydroxylation is 1. The standard InChI is InChI=1S/C18H12ClF3N4O3/c1-9-6-23-17(29-9)11-7-24-26-15(27)5-13(25-16(11)26)10-2-3-12(19)14(4-10)28-8-18(20,21)22/h2-7,24H,8H2,1H3. The highest BCUT2D eigenvalue weighted by molar-refractivity contribution is 6.32. The Bertz CT molecular complexity index is 1260. The molecule has 0 aliphatic carbocycles. The van der Waals surface area contributed by atoms with Crippen LogP contribution in [0.5, 0.6) is 5.75 Å². The fraction of sp³-hybridized carbons (Fsp3) is 0.167. The molecule has 11 heteroatoms. The number of ether oxygens (including phenoxy) is 1. The summed E-state index contributed by atoms with van der Waals surface area (Å²) in [5, 5.41) is 2.78. The Hall–Kier alpha value is -3.27. The summed E-state index contributed by atoms with van der Waals surface area (Å²) in [6.07, 6.45) is -1.45.